The van der Waals surface area contributed by atoms with Crippen molar-refractivity contribution in [3.05, 3.63) is 65.7 Å². The Hall–Kier alpha value is -1.73. The first-order chi connectivity index (χ1) is 13.8. The van der Waals surface area contributed by atoms with Crippen LogP contribution in [0.3, 0.4) is 0 Å². The van der Waals surface area contributed by atoms with Crippen molar-refractivity contribution in [2.45, 2.75) is 43.8 Å². The molecule has 1 heterocycles. The Morgan fingerprint density at radius 1 is 1.10 bits per heavy atom. The van der Waals surface area contributed by atoms with E-state index < -0.39 is 10.0 Å². The number of likely N-dealkylation sites (tertiary alicyclic amines) is 1. The molecule has 1 fully saturated rings. The van der Waals surface area contributed by atoms with Crippen LogP contribution in [0.15, 0.2) is 59.5 Å². The fourth-order valence-corrected chi connectivity index (χ4v) is 4.80. The summed E-state index contributed by atoms with van der Waals surface area (Å²) in [6, 6.07) is 18.4. The van der Waals surface area contributed by atoms with Crippen LogP contribution < -0.4 is 5.32 Å². The molecule has 2 aromatic rings. The molecule has 1 N–H and O–H groups in total. The highest BCUT2D eigenvalue weighted by Crippen LogP contribution is 2.23. The molecule has 5 nitrogen and oxygen atoms in total. The Bertz CT molecular complexity index is 882. The second kappa shape index (κ2) is 9.39. The summed E-state index contributed by atoms with van der Waals surface area (Å²) in [6.07, 6.45) is 1.18. The Morgan fingerprint density at radius 2 is 1.76 bits per heavy atom. The van der Waals surface area contributed by atoms with Crippen LogP contribution in [0.25, 0.3) is 0 Å². The zero-order valence-corrected chi connectivity index (χ0v) is 18.7. The molecule has 0 aromatic heterocycles. The third kappa shape index (κ3) is 5.45. The molecule has 29 heavy (non-hydrogen) atoms. The third-order valence-electron chi connectivity index (χ3n) is 5.91. The van der Waals surface area contributed by atoms with Crippen LogP contribution in [-0.4, -0.2) is 50.8 Å². The number of benzene rings is 2. The zero-order valence-electron chi connectivity index (χ0n) is 17.9. The summed E-state index contributed by atoms with van der Waals surface area (Å²) in [7, 11) is -0.277. The first kappa shape index (κ1) is 22.0. The molecule has 0 amide bonds. The summed E-state index contributed by atoms with van der Waals surface area (Å²) in [5.74, 6) is 0.609. The molecule has 3 atom stereocenters. The van der Waals surface area contributed by atoms with Crippen molar-refractivity contribution in [1.82, 2.24) is 14.5 Å². The van der Waals surface area contributed by atoms with E-state index >= 15 is 0 Å². The Kier molecular flexibility index (Phi) is 7.11. The van der Waals surface area contributed by atoms with Crippen LogP contribution in [0.1, 0.15) is 37.4 Å². The Balaban J connectivity index is 1.63. The normalized spacial score (nSPS) is 22.0. The van der Waals surface area contributed by atoms with E-state index in [1.165, 1.54) is 16.3 Å². The number of hydrogen-bond acceptors (Lipinski definition) is 4. The summed E-state index contributed by atoms with van der Waals surface area (Å²) in [6.45, 7) is 7.60. The second-order valence-corrected chi connectivity index (χ2v) is 10.5. The van der Waals surface area contributed by atoms with Gasteiger partial charge < -0.3 is 5.32 Å². The smallest absolute Gasteiger partial charge is 0.242 e. The fourth-order valence-electron chi connectivity index (χ4n) is 3.90. The van der Waals surface area contributed by atoms with Crippen LogP contribution in [0.2, 0.25) is 0 Å². The second-order valence-electron chi connectivity index (χ2n) is 8.34. The maximum absolute atomic E-state index is 12.3. The van der Waals surface area contributed by atoms with Crippen LogP contribution in [0.5, 0.6) is 0 Å². The highest BCUT2D eigenvalue weighted by atomic mass is 32.2. The molecule has 3 rings (SSSR count). The molecule has 0 saturated carbocycles. The van der Waals surface area contributed by atoms with Gasteiger partial charge in [0, 0.05) is 39.3 Å². The average Bonchev–Trinajstić information content (AvgIpc) is 2.71. The minimum atomic E-state index is -3.39. The van der Waals surface area contributed by atoms with Gasteiger partial charge in [-0.25, -0.2) is 12.7 Å². The number of nitrogens with one attached hydrogen (secondary N) is 1. The zero-order chi connectivity index (χ0) is 21.0. The summed E-state index contributed by atoms with van der Waals surface area (Å²) in [5.41, 5.74) is 2.46. The van der Waals surface area contributed by atoms with Crippen molar-refractivity contribution in [3.63, 3.8) is 0 Å². The van der Waals surface area contributed by atoms with Crippen LogP contribution in [0, 0.1) is 5.92 Å². The predicted octanol–water partition coefficient (Wildman–Crippen LogP) is 3.50. The molecular formula is C23H33N3O2S. The van der Waals surface area contributed by atoms with Gasteiger partial charge in [-0.05, 0) is 49.1 Å². The molecule has 0 spiro atoms. The Morgan fingerprint density at radius 3 is 2.38 bits per heavy atom. The number of piperidine rings is 1. The summed E-state index contributed by atoms with van der Waals surface area (Å²) >= 11 is 0. The van der Waals surface area contributed by atoms with Gasteiger partial charge in [-0.15, -0.1) is 0 Å². The van der Waals surface area contributed by atoms with Crippen molar-refractivity contribution in [2.75, 3.05) is 27.2 Å². The van der Waals surface area contributed by atoms with E-state index in [9.17, 15) is 8.42 Å². The number of nitrogens with zero attached hydrogens (tertiary/aromatic N) is 2. The van der Waals surface area contributed by atoms with Gasteiger partial charge >= 0.3 is 0 Å². The molecule has 0 bridgehead atoms. The van der Waals surface area contributed by atoms with Crippen molar-refractivity contribution < 1.29 is 8.42 Å². The highest BCUT2D eigenvalue weighted by molar-refractivity contribution is 7.89. The maximum atomic E-state index is 12.3. The standard InChI is InChI=1S/C23H33N3O2S/c1-18-14-15-26(16-20-8-6-5-7-9-20)17-23(18)24-19(2)21-10-12-22(13-11-21)29(27,28)25(3)4/h5-13,18-19,23-24H,14-17H2,1-4H3/t18-,19+,23-/m1/s1. The van der Waals surface area contributed by atoms with Gasteiger partial charge in [-0.2, -0.15) is 0 Å². The lowest BCUT2D eigenvalue weighted by molar-refractivity contribution is 0.136. The van der Waals surface area contributed by atoms with Gasteiger partial charge in [0.1, 0.15) is 0 Å². The lowest BCUT2D eigenvalue weighted by Crippen LogP contribution is -2.50. The van der Waals surface area contributed by atoms with Gasteiger partial charge in [-0.1, -0.05) is 49.4 Å². The maximum Gasteiger partial charge on any atom is 0.242 e. The fraction of sp³-hybridized carbons (Fsp3) is 0.478. The van der Waals surface area contributed by atoms with E-state index in [2.05, 4.69) is 54.4 Å². The predicted molar refractivity (Wildman–Crippen MR) is 118 cm³/mol. The molecular weight excluding hydrogens is 382 g/mol. The molecule has 0 aliphatic carbocycles. The van der Waals surface area contributed by atoms with Gasteiger partial charge in [0.2, 0.25) is 10.0 Å². The number of sulfonamides is 1. The van der Waals surface area contributed by atoms with Crippen molar-refractivity contribution in [2.24, 2.45) is 5.92 Å². The quantitative estimate of drug-likeness (QED) is 0.752. The first-order valence-electron chi connectivity index (χ1n) is 10.3. The monoisotopic (exact) mass is 415 g/mol. The van der Waals surface area contributed by atoms with E-state index in [0.29, 0.717) is 16.9 Å². The SMILES string of the molecule is C[C@H](N[C@@H]1CN(Cc2ccccc2)CC[C@H]1C)c1ccc(S(=O)(=O)N(C)C)cc1. The minimum Gasteiger partial charge on any atom is -0.306 e. The average molecular weight is 416 g/mol. The van der Waals surface area contributed by atoms with Gasteiger partial charge in [0.05, 0.1) is 4.90 Å². The molecule has 1 aliphatic rings. The number of hydrogen-bond donors (Lipinski definition) is 1. The largest absolute Gasteiger partial charge is 0.306 e. The van der Waals surface area contributed by atoms with Crippen LogP contribution >= 0.6 is 0 Å². The molecule has 0 radical (unpaired) electrons. The summed E-state index contributed by atoms with van der Waals surface area (Å²) in [5, 5.41) is 3.78. The number of rotatable bonds is 7. The van der Waals surface area contributed by atoms with E-state index in [0.717, 1.165) is 25.2 Å². The van der Waals surface area contributed by atoms with Gasteiger partial charge in [0.15, 0.2) is 0 Å². The molecule has 6 heteroatoms. The van der Waals surface area contributed by atoms with E-state index in [4.69, 9.17) is 0 Å². The molecule has 158 valence electrons. The third-order valence-corrected chi connectivity index (χ3v) is 7.74. The summed E-state index contributed by atoms with van der Waals surface area (Å²) < 4.78 is 25.8. The van der Waals surface area contributed by atoms with Crippen LogP contribution in [0.4, 0.5) is 0 Å². The molecule has 0 unspecified atom stereocenters. The van der Waals surface area contributed by atoms with E-state index in [-0.39, 0.29) is 6.04 Å². The van der Waals surface area contributed by atoms with Crippen molar-refractivity contribution >= 4 is 10.0 Å². The van der Waals surface area contributed by atoms with Gasteiger partial charge in [-0.3, -0.25) is 4.90 Å². The Labute approximate surface area is 175 Å². The van der Waals surface area contributed by atoms with E-state index in [1.54, 1.807) is 26.2 Å². The highest BCUT2D eigenvalue weighted by Gasteiger charge is 2.27. The lowest BCUT2D eigenvalue weighted by atomic mass is 9.92. The molecule has 1 saturated heterocycles. The molecule has 1 aliphatic heterocycles. The van der Waals surface area contributed by atoms with Crippen molar-refractivity contribution in [1.29, 1.82) is 0 Å². The molecule has 2 aromatic carbocycles. The lowest BCUT2D eigenvalue weighted by Gasteiger charge is -2.39. The minimum absolute atomic E-state index is 0.162. The van der Waals surface area contributed by atoms with Crippen LogP contribution in [-0.2, 0) is 16.6 Å². The topological polar surface area (TPSA) is 52.7 Å². The first-order valence-corrected chi connectivity index (χ1v) is 11.8. The summed E-state index contributed by atoms with van der Waals surface area (Å²) in [4.78, 5) is 2.85. The van der Waals surface area contributed by atoms with Crippen molar-refractivity contribution in [3.8, 4) is 0 Å². The van der Waals surface area contributed by atoms with Gasteiger partial charge in [0.25, 0.3) is 0 Å². The van der Waals surface area contributed by atoms with E-state index in [1.807, 2.05) is 12.1 Å².